The van der Waals surface area contributed by atoms with Gasteiger partial charge in [-0.1, -0.05) is 0 Å². The van der Waals surface area contributed by atoms with Crippen LogP contribution < -0.4 is 10.6 Å². The van der Waals surface area contributed by atoms with Crippen LogP contribution in [0.25, 0.3) is 0 Å². The molecule has 0 aromatic carbocycles. The Kier molecular flexibility index (Phi) is 6.21. The molecule has 1 rings (SSSR count). The predicted octanol–water partition coefficient (Wildman–Crippen LogP) is -1.52. The predicted molar refractivity (Wildman–Crippen MR) is 42.3 cm³/mol. The molecule has 0 saturated carbocycles. The Labute approximate surface area is 61.4 Å². The van der Waals surface area contributed by atoms with Gasteiger partial charge >= 0.3 is 0 Å². The zero-order valence-corrected chi connectivity index (χ0v) is 6.18. The van der Waals surface area contributed by atoms with E-state index >= 15 is 0 Å². The van der Waals surface area contributed by atoms with E-state index in [1.807, 2.05) is 0 Å². The molecule has 3 N–H and O–H groups in total. The normalized spacial score (nSPS) is 16.8. The Morgan fingerprint density at radius 3 is 1.50 bits per heavy atom. The lowest BCUT2D eigenvalue weighted by Crippen LogP contribution is -2.39. The van der Waals surface area contributed by atoms with Gasteiger partial charge in [-0.05, 0) is 0 Å². The van der Waals surface area contributed by atoms with Crippen molar-refractivity contribution in [1.82, 2.24) is 10.6 Å². The molecular formula is C5H13BN2O2. The zero-order chi connectivity index (χ0) is 7.82. The fourth-order valence-corrected chi connectivity index (χ4v) is 0.604. The summed E-state index contributed by atoms with van der Waals surface area (Å²) in [5, 5.41) is 13.9. The maximum Gasteiger partial charge on any atom is 0.242 e. The van der Waals surface area contributed by atoms with Gasteiger partial charge < -0.3 is 15.7 Å². The molecule has 0 atom stereocenters. The maximum absolute atomic E-state index is 9.00. The number of carboxylic acid groups (broad SMARTS) is 1. The van der Waals surface area contributed by atoms with Crippen molar-refractivity contribution in [3.05, 3.63) is 0 Å². The first-order valence-electron chi connectivity index (χ1n) is 3.34. The summed E-state index contributed by atoms with van der Waals surface area (Å²) in [7, 11) is 1.08. The SMILES string of the molecule is BC(=O)O.C1CNCCN1. The summed E-state index contributed by atoms with van der Waals surface area (Å²) in [5.74, 6) is -0.833. The molecule has 0 aliphatic carbocycles. The van der Waals surface area contributed by atoms with Crippen LogP contribution in [0.15, 0.2) is 0 Å². The first kappa shape index (κ1) is 9.45. The first-order valence-corrected chi connectivity index (χ1v) is 3.34. The molecule has 1 aliphatic rings. The Morgan fingerprint density at radius 2 is 1.40 bits per heavy atom. The molecule has 0 spiro atoms. The van der Waals surface area contributed by atoms with Gasteiger partial charge in [-0.15, -0.1) is 0 Å². The highest BCUT2D eigenvalue weighted by molar-refractivity contribution is 6.54. The molecule has 4 nitrogen and oxygen atoms in total. The fourth-order valence-electron chi connectivity index (χ4n) is 0.604. The van der Waals surface area contributed by atoms with Gasteiger partial charge in [0.25, 0.3) is 0 Å². The van der Waals surface area contributed by atoms with Crippen molar-refractivity contribution in [2.24, 2.45) is 0 Å². The Bertz CT molecular complexity index is 80.1. The Balaban J connectivity index is 0.000000180. The third kappa shape index (κ3) is 10.4. The molecule has 1 aliphatic heterocycles. The number of piperazine rings is 1. The highest BCUT2D eigenvalue weighted by Gasteiger charge is 1.91. The summed E-state index contributed by atoms with van der Waals surface area (Å²) in [4.78, 5) is 9.00. The molecule has 5 heteroatoms. The van der Waals surface area contributed by atoms with Gasteiger partial charge in [0.1, 0.15) is 0 Å². The average Bonchev–Trinajstić information content (AvgIpc) is 1.90. The quantitative estimate of drug-likeness (QED) is 0.361. The maximum atomic E-state index is 9.00. The average molecular weight is 144 g/mol. The van der Waals surface area contributed by atoms with E-state index in [1.165, 1.54) is 0 Å². The van der Waals surface area contributed by atoms with Crippen molar-refractivity contribution in [1.29, 1.82) is 0 Å². The first-order chi connectivity index (χ1) is 4.73. The third-order valence-electron chi connectivity index (χ3n) is 0.957. The Hall–Kier alpha value is -0.545. The van der Waals surface area contributed by atoms with Crippen LogP contribution in [0.1, 0.15) is 0 Å². The minimum Gasteiger partial charge on any atom is -0.490 e. The fraction of sp³-hybridized carbons (Fsp3) is 0.800. The highest BCUT2D eigenvalue weighted by atomic mass is 16.4. The van der Waals surface area contributed by atoms with E-state index in [4.69, 9.17) is 9.90 Å². The summed E-state index contributed by atoms with van der Waals surface area (Å²) in [6.07, 6.45) is 0. The van der Waals surface area contributed by atoms with E-state index in [0.29, 0.717) is 0 Å². The summed E-state index contributed by atoms with van der Waals surface area (Å²) in [5.41, 5.74) is 0. The molecule has 1 heterocycles. The Morgan fingerprint density at radius 1 is 1.20 bits per heavy atom. The van der Waals surface area contributed by atoms with Gasteiger partial charge in [0.15, 0.2) is 0 Å². The van der Waals surface area contributed by atoms with E-state index in [0.717, 1.165) is 34.0 Å². The van der Waals surface area contributed by atoms with E-state index in [2.05, 4.69) is 10.6 Å². The van der Waals surface area contributed by atoms with Crippen LogP contribution >= 0.6 is 0 Å². The lowest BCUT2D eigenvalue weighted by molar-refractivity contribution is 0.220. The lowest BCUT2D eigenvalue weighted by atomic mass is 10.2. The lowest BCUT2D eigenvalue weighted by Gasteiger charge is -2.11. The number of nitrogens with one attached hydrogen (secondary N) is 2. The monoisotopic (exact) mass is 144 g/mol. The molecule has 0 radical (unpaired) electrons. The van der Waals surface area contributed by atoms with Gasteiger partial charge in [-0.3, -0.25) is 4.79 Å². The van der Waals surface area contributed by atoms with Gasteiger partial charge in [-0.25, -0.2) is 0 Å². The standard InChI is InChI=1S/C4H10N2.CH3BO2/c1-2-6-4-3-5-1;2-1(3)4/h5-6H,1-4H2;2H2,(H,3,4). The molecule has 1 saturated heterocycles. The summed E-state index contributed by atoms with van der Waals surface area (Å²) >= 11 is 0. The number of hydrogen-bond donors (Lipinski definition) is 3. The molecular weight excluding hydrogens is 131 g/mol. The van der Waals surface area contributed by atoms with E-state index in [1.54, 1.807) is 0 Å². The van der Waals surface area contributed by atoms with Crippen molar-refractivity contribution in [3.8, 4) is 0 Å². The van der Waals surface area contributed by atoms with Crippen LogP contribution in [-0.2, 0) is 0 Å². The number of hydrogen-bond acceptors (Lipinski definition) is 3. The molecule has 0 bridgehead atoms. The topological polar surface area (TPSA) is 61.4 Å². The van der Waals surface area contributed by atoms with E-state index < -0.39 is 5.87 Å². The zero-order valence-electron chi connectivity index (χ0n) is 6.18. The molecule has 0 amide bonds. The minimum absolute atomic E-state index is 0.833. The van der Waals surface area contributed by atoms with E-state index in [-0.39, 0.29) is 0 Å². The van der Waals surface area contributed by atoms with Crippen LogP contribution in [0.4, 0.5) is 4.79 Å². The van der Waals surface area contributed by atoms with Gasteiger partial charge in [-0.2, -0.15) is 0 Å². The van der Waals surface area contributed by atoms with Crippen LogP contribution in [0.2, 0.25) is 0 Å². The molecule has 1 fully saturated rings. The van der Waals surface area contributed by atoms with Crippen molar-refractivity contribution in [2.75, 3.05) is 26.2 Å². The highest BCUT2D eigenvalue weighted by Crippen LogP contribution is 1.65. The minimum atomic E-state index is -0.833. The largest absolute Gasteiger partial charge is 0.490 e. The van der Waals surface area contributed by atoms with Gasteiger partial charge in [0.2, 0.25) is 13.7 Å². The van der Waals surface area contributed by atoms with Crippen LogP contribution in [0.5, 0.6) is 0 Å². The molecule has 58 valence electrons. The van der Waals surface area contributed by atoms with Gasteiger partial charge in [0, 0.05) is 26.2 Å². The smallest absolute Gasteiger partial charge is 0.242 e. The summed E-state index contributed by atoms with van der Waals surface area (Å²) < 4.78 is 0. The second-order valence-corrected chi connectivity index (χ2v) is 2.02. The third-order valence-corrected chi connectivity index (χ3v) is 0.957. The molecule has 10 heavy (non-hydrogen) atoms. The van der Waals surface area contributed by atoms with Crippen molar-refractivity contribution in [2.45, 2.75) is 0 Å². The van der Waals surface area contributed by atoms with E-state index in [9.17, 15) is 0 Å². The molecule has 0 aromatic rings. The summed E-state index contributed by atoms with van der Waals surface area (Å²) in [6, 6.07) is 0. The van der Waals surface area contributed by atoms with Gasteiger partial charge in [0.05, 0.1) is 0 Å². The van der Waals surface area contributed by atoms with Crippen molar-refractivity contribution in [3.63, 3.8) is 0 Å². The van der Waals surface area contributed by atoms with Crippen LogP contribution in [0, 0.1) is 0 Å². The van der Waals surface area contributed by atoms with Crippen molar-refractivity contribution >= 4 is 13.7 Å². The second kappa shape index (κ2) is 6.57. The van der Waals surface area contributed by atoms with Crippen LogP contribution in [0.3, 0.4) is 0 Å². The number of carbonyl (C=O) groups is 1. The second-order valence-electron chi connectivity index (χ2n) is 2.02. The molecule has 0 aromatic heterocycles. The summed E-state index contributed by atoms with van der Waals surface area (Å²) in [6.45, 7) is 4.56. The number of rotatable bonds is 0. The van der Waals surface area contributed by atoms with Crippen molar-refractivity contribution < 1.29 is 9.90 Å². The molecule has 0 unspecified atom stereocenters. The van der Waals surface area contributed by atoms with Crippen LogP contribution in [-0.4, -0.2) is 45.0 Å².